The Bertz CT molecular complexity index is 1080. The fraction of sp³-hybridized carbons (Fsp3) is 0.476. The van der Waals surface area contributed by atoms with E-state index in [1.165, 1.54) is 4.90 Å². The van der Waals surface area contributed by atoms with Crippen LogP contribution in [0.3, 0.4) is 0 Å². The highest BCUT2D eigenvalue weighted by atomic mass is 32.2. The SMILES string of the molecule is CCn1c(N2CCOCC2)c(C=C2SC(=S)N(CCCC(=O)O)C2=O)c(C)c(C#N)c1=O. The van der Waals surface area contributed by atoms with Crippen molar-refractivity contribution in [3.8, 4) is 6.07 Å². The molecule has 2 aliphatic heterocycles. The van der Waals surface area contributed by atoms with E-state index >= 15 is 0 Å². The number of hydrogen-bond donors (Lipinski definition) is 1. The van der Waals surface area contributed by atoms with Crippen molar-refractivity contribution in [2.75, 3.05) is 37.7 Å². The monoisotopic (exact) mass is 476 g/mol. The van der Waals surface area contributed by atoms with Crippen LogP contribution in [-0.2, 0) is 20.9 Å². The first-order valence-electron chi connectivity index (χ1n) is 10.3. The molecule has 2 aliphatic rings. The predicted octanol–water partition coefficient (Wildman–Crippen LogP) is 1.95. The topological polar surface area (TPSA) is 116 Å². The van der Waals surface area contributed by atoms with Gasteiger partial charge < -0.3 is 14.7 Å². The molecule has 0 radical (unpaired) electrons. The molecule has 0 aliphatic carbocycles. The Morgan fingerprint density at radius 3 is 2.62 bits per heavy atom. The van der Waals surface area contributed by atoms with Crippen LogP contribution in [0, 0.1) is 18.3 Å². The molecule has 2 saturated heterocycles. The van der Waals surface area contributed by atoms with E-state index in [4.69, 9.17) is 22.1 Å². The van der Waals surface area contributed by atoms with Crippen molar-refractivity contribution in [3.63, 3.8) is 0 Å². The lowest BCUT2D eigenvalue weighted by Gasteiger charge is -2.33. The van der Waals surface area contributed by atoms with Gasteiger partial charge in [0.05, 0.1) is 18.1 Å². The zero-order valence-corrected chi connectivity index (χ0v) is 19.6. The Kier molecular flexibility index (Phi) is 7.71. The van der Waals surface area contributed by atoms with Crippen molar-refractivity contribution in [2.24, 2.45) is 0 Å². The molecule has 0 unspecified atom stereocenters. The van der Waals surface area contributed by atoms with E-state index in [1.54, 1.807) is 17.6 Å². The third kappa shape index (κ3) is 4.72. The van der Waals surface area contributed by atoms with E-state index in [2.05, 4.69) is 0 Å². The average molecular weight is 477 g/mol. The number of carbonyl (C=O) groups excluding carboxylic acids is 1. The Labute approximate surface area is 195 Å². The summed E-state index contributed by atoms with van der Waals surface area (Å²) >= 11 is 6.48. The fourth-order valence-electron chi connectivity index (χ4n) is 3.77. The Morgan fingerprint density at radius 1 is 1.34 bits per heavy atom. The van der Waals surface area contributed by atoms with Crippen LogP contribution in [0.25, 0.3) is 6.08 Å². The number of aromatic nitrogens is 1. The van der Waals surface area contributed by atoms with Gasteiger partial charge in [0.25, 0.3) is 11.5 Å². The van der Waals surface area contributed by atoms with Crippen molar-refractivity contribution in [1.82, 2.24) is 9.47 Å². The third-order valence-corrected chi connectivity index (χ3v) is 6.77. The predicted molar refractivity (Wildman–Crippen MR) is 126 cm³/mol. The number of nitrogens with zero attached hydrogens (tertiary/aromatic N) is 4. The number of morpholine rings is 1. The minimum absolute atomic E-state index is 0.0482. The van der Waals surface area contributed by atoms with Crippen molar-refractivity contribution in [1.29, 1.82) is 5.26 Å². The number of carboxylic acid groups (broad SMARTS) is 1. The summed E-state index contributed by atoms with van der Waals surface area (Å²) in [5, 5.41) is 18.5. The van der Waals surface area contributed by atoms with Crippen LogP contribution < -0.4 is 10.5 Å². The molecule has 1 amide bonds. The van der Waals surface area contributed by atoms with Gasteiger partial charge in [-0.15, -0.1) is 0 Å². The molecular formula is C21H24N4O5S2. The van der Waals surface area contributed by atoms with Gasteiger partial charge in [-0.05, 0) is 31.9 Å². The number of carboxylic acids is 1. The quantitative estimate of drug-likeness (QED) is 0.466. The van der Waals surface area contributed by atoms with Gasteiger partial charge in [0.15, 0.2) is 0 Å². The number of rotatable bonds is 7. The molecule has 3 rings (SSSR count). The summed E-state index contributed by atoms with van der Waals surface area (Å²) in [5.41, 5.74) is 0.843. The van der Waals surface area contributed by atoms with Crippen LogP contribution in [0.4, 0.5) is 5.82 Å². The van der Waals surface area contributed by atoms with Crippen LogP contribution in [-0.4, -0.2) is 63.6 Å². The molecule has 0 bridgehead atoms. The first-order valence-corrected chi connectivity index (χ1v) is 11.5. The molecule has 9 nitrogen and oxygen atoms in total. The van der Waals surface area contributed by atoms with Crippen LogP contribution in [0.5, 0.6) is 0 Å². The molecule has 170 valence electrons. The number of anilines is 1. The van der Waals surface area contributed by atoms with Crippen LogP contribution in [0.1, 0.15) is 36.5 Å². The van der Waals surface area contributed by atoms with Gasteiger partial charge in [0, 0.05) is 38.2 Å². The maximum absolute atomic E-state index is 13.0. The number of hydrogen-bond acceptors (Lipinski definition) is 8. The Balaban J connectivity index is 2.08. The first kappa shape index (κ1) is 24.0. The highest BCUT2D eigenvalue weighted by molar-refractivity contribution is 8.26. The molecule has 0 saturated carbocycles. The molecule has 3 heterocycles. The fourth-order valence-corrected chi connectivity index (χ4v) is 5.06. The standard InChI is InChI=1S/C21H24N4O5S2/c1-3-24-18(23-7-9-30-10-8-23)14(13(2)15(12-22)19(24)28)11-16-20(29)25(21(31)32-16)6-4-5-17(26)27/h11H,3-10H2,1-2H3,(H,26,27). The Morgan fingerprint density at radius 2 is 2.03 bits per heavy atom. The first-order chi connectivity index (χ1) is 15.3. The van der Waals surface area contributed by atoms with E-state index in [0.29, 0.717) is 65.4 Å². The van der Waals surface area contributed by atoms with Crippen molar-refractivity contribution >= 4 is 52.1 Å². The van der Waals surface area contributed by atoms with Gasteiger partial charge in [-0.2, -0.15) is 5.26 Å². The maximum atomic E-state index is 13.0. The highest BCUT2D eigenvalue weighted by Crippen LogP contribution is 2.36. The molecule has 1 aromatic rings. The van der Waals surface area contributed by atoms with E-state index in [0.717, 1.165) is 11.8 Å². The van der Waals surface area contributed by atoms with E-state index < -0.39 is 5.97 Å². The minimum Gasteiger partial charge on any atom is -0.481 e. The summed E-state index contributed by atoms with van der Waals surface area (Å²) in [7, 11) is 0. The second-order valence-electron chi connectivity index (χ2n) is 7.33. The molecule has 1 N–H and O–H groups in total. The largest absolute Gasteiger partial charge is 0.481 e. The van der Waals surface area contributed by atoms with Crippen molar-refractivity contribution in [3.05, 3.63) is 31.9 Å². The summed E-state index contributed by atoms with van der Waals surface area (Å²) < 4.78 is 7.38. The normalized spacial score (nSPS) is 17.8. The number of nitriles is 1. The zero-order chi connectivity index (χ0) is 23.4. The molecule has 11 heteroatoms. The van der Waals surface area contributed by atoms with E-state index in [1.807, 2.05) is 17.9 Å². The molecule has 0 atom stereocenters. The molecule has 0 aromatic carbocycles. The summed E-state index contributed by atoms with van der Waals surface area (Å²) in [6, 6.07) is 2.01. The van der Waals surface area contributed by atoms with Crippen molar-refractivity contribution in [2.45, 2.75) is 33.2 Å². The molecule has 2 fully saturated rings. The zero-order valence-electron chi connectivity index (χ0n) is 17.9. The second-order valence-corrected chi connectivity index (χ2v) is 9.00. The van der Waals surface area contributed by atoms with Gasteiger partial charge in [0.1, 0.15) is 21.8 Å². The number of thioether (sulfide) groups is 1. The summed E-state index contributed by atoms with van der Waals surface area (Å²) in [6.45, 7) is 6.35. The molecule has 32 heavy (non-hydrogen) atoms. The van der Waals surface area contributed by atoms with Crippen LogP contribution in [0.2, 0.25) is 0 Å². The number of carbonyl (C=O) groups is 2. The van der Waals surface area contributed by atoms with Gasteiger partial charge in [-0.25, -0.2) is 0 Å². The minimum atomic E-state index is -0.928. The van der Waals surface area contributed by atoms with E-state index in [9.17, 15) is 19.6 Å². The second kappa shape index (κ2) is 10.3. The summed E-state index contributed by atoms with van der Waals surface area (Å²) in [5.74, 6) is -0.568. The third-order valence-electron chi connectivity index (χ3n) is 5.39. The lowest BCUT2D eigenvalue weighted by molar-refractivity contribution is -0.137. The number of thiocarbonyl (C=S) groups is 1. The summed E-state index contributed by atoms with van der Waals surface area (Å²) in [6.07, 6.45) is 1.94. The van der Waals surface area contributed by atoms with Crippen LogP contribution >= 0.6 is 24.0 Å². The molecule has 0 spiro atoms. The van der Waals surface area contributed by atoms with Gasteiger partial charge in [-0.1, -0.05) is 24.0 Å². The smallest absolute Gasteiger partial charge is 0.303 e. The van der Waals surface area contributed by atoms with E-state index in [-0.39, 0.29) is 30.0 Å². The van der Waals surface area contributed by atoms with Crippen molar-refractivity contribution < 1.29 is 19.4 Å². The number of aliphatic carboxylic acids is 1. The number of pyridine rings is 1. The Hall–Kier alpha value is -2.68. The average Bonchev–Trinajstić information content (AvgIpc) is 3.03. The number of amides is 1. The van der Waals surface area contributed by atoms with Gasteiger partial charge in [0.2, 0.25) is 0 Å². The number of ether oxygens (including phenoxy) is 1. The summed E-state index contributed by atoms with van der Waals surface area (Å²) in [4.78, 5) is 40.6. The van der Waals surface area contributed by atoms with Gasteiger partial charge >= 0.3 is 5.97 Å². The highest BCUT2D eigenvalue weighted by Gasteiger charge is 2.33. The van der Waals surface area contributed by atoms with Crippen LogP contribution in [0.15, 0.2) is 9.70 Å². The lowest BCUT2D eigenvalue weighted by atomic mass is 10.0. The molecular weight excluding hydrogens is 452 g/mol. The molecule has 1 aromatic heterocycles. The lowest BCUT2D eigenvalue weighted by Crippen LogP contribution is -2.41. The maximum Gasteiger partial charge on any atom is 0.303 e. The van der Waals surface area contributed by atoms with Gasteiger partial charge in [-0.3, -0.25) is 23.9 Å².